The van der Waals surface area contributed by atoms with Gasteiger partial charge in [-0.25, -0.2) is 0 Å². The molecular formula is C53H42N4. The van der Waals surface area contributed by atoms with E-state index in [0.29, 0.717) is 11.8 Å². The third-order valence-corrected chi connectivity index (χ3v) is 12.6. The molecule has 1 unspecified atom stereocenters. The lowest BCUT2D eigenvalue weighted by atomic mass is 9.82. The molecule has 11 rings (SSSR count). The Hall–Kier alpha value is -6.78. The van der Waals surface area contributed by atoms with Gasteiger partial charge in [-0.15, -0.1) is 0 Å². The van der Waals surface area contributed by atoms with Crippen molar-refractivity contribution < 1.29 is 0 Å². The standard InChI is InChI=1S/C53H42N4/c1-33(2)52-44-17-6-5-13-38(44)39-25-21-34(29-45(39)52)56(35-22-26-41-40-14-7-10-18-46(40)53(3,4)47(41)30-35)36-23-27-48(54-31-36)49-28-24-37(32-55-49)57-50-19-11-8-15-42(50)43-16-9-12-20-51(43)57/h5-33,52H,1-4H3. The minimum atomic E-state index is -0.116. The van der Waals surface area contributed by atoms with E-state index in [2.05, 4.69) is 195 Å². The second kappa shape index (κ2) is 12.6. The molecule has 2 aliphatic rings. The first-order valence-corrected chi connectivity index (χ1v) is 20.1. The fraction of sp³-hybridized carbons (Fsp3) is 0.132. The summed E-state index contributed by atoms with van der Waals surface area (Å²) in [6.07, 6.45) is 3.97. The normalized spacial score (nSPS) is 14.8. The van der Waals surface area contributed by atoms with Gasteiger partial charge < -0.3 is 9.47 Å². The third-order valence-electron chi connectivity index (χ3n) is 12.6. The van der Waals surface area contributed by atoms with Crippen molar-refractivity contribution in [3.8, 4) is 39.3 Å². The minimum absolute atomic E-state index is 0.116. The molecule has 3 heterocycles. The molecule has 3 aromatic heterocycles. The molecule has 57 heavy (non-hydrogen) atoms. The van der Waals surface area contributed by atoms with Crippen molar-refractivity contribution in [3.63, 3.8) is 0 Å². The van der Waals surface area contributed by atoms with Gasteiger partial charge >= 0.3 is 0 Å². The Bertz CT molecular complexity index is 2970. The van der Waals surface area contributed by atoms with E-state index >= 15 is 0 Å². The van der Waals surface area contributed by atoms with E-state index in [9.17, 15) is 0 Å². The molecule has 4 heteroatoms. The van der Waals surface area contributed by atoms with Crippen molar-refractivity contribution in [1.82, 2.24) is 14.5 Å². The molecule has 6 aromatic carbocycles. The summed E-state index contributed by atoms with van der Waals surface area (Å²) in [5.74, 6) is 0.800. The molecule has 274 valence electrons. The number of nitrogens with zero attached hydrogens (tertiary/aromatic N) is 4. The third kappa shape index (κ3) is 5.06. The molecule has 2 aliphatic carbocycles. The predicted octanol–water partition coefficient (Wildman–Crippen LogP) is 13.8. The number of benzene rings is 6. The molecule has 0 saturated heterocycles. The molecule has 0 radical (unpaired) electrons. The maximum Gasteiger partial charge on any atom is 0.0887 e. The SMILES string of the molecule is CC(C)C1c2ccccc2-c2ccc(N(c3ccc(-c4ccc(-n5c6ccccc6c6ccccc65)cn4)nc3)c3ccc4c(c3)C(C)(C)c3ccccc3-4)cc21. The van der Waals surface area contributed by atoms with Gasteiger partial charge in [-0.05, 0) is 111 Å². The smallest absolute Gasteiger partial charge is 0.0887 e. The molecule has 0 bridgehead atoms. The molecular weight excluding hydrogens is 693 g/mol. The average molecular weight is 735 g/mol. The largest absolute Gasteiger partial charge is 0.309 e. The van der Waals surface area contributed by atoms with E-state index in [-0.39, 0.29) is 5.41 Å². The molecule has 0 aliphatic heterocycles. The van der Waals surface area contributed by atoms with E-state index < -0.39 is 0 Å². The van der Waals surface area contributed by atoms with Crippen LogP contribution in [-0.2, 0) is 5.41 Å². The highest BCUT2D eigenvalue weighted by Gasteiger charge is 2.36. The summed E-state index contributed by atoms with van der Waals surface area (Å²) in [4.78, 5) is 12.4. The number of fused-ring (bicyclic) bond motifs is 9. The highest BCUT2D eigenvalue weighted by Crippen LogP contribution is 2.53. The molecule has 0 N–H and O–H groups in total. The second-order valence-corrected chi connectivity index (χ2v) is 16.5. The number of rotatable bonds is 6. The minimum Gasteiger partial charge on any atom is -0.309 e. The van der Waals surface area contributed by atoms with Crippen LogP contribution in [0.25, 0.3) is 61.1 Å². The average Bonchev–Trinajstić information content (AvgIpc) is 3.84. The highest BCUT2D eigenvalue weighted by atomic mass is 15.1. The summed E-state index contributed by atoms with van der Waals surface area (Å²) in [5, 5.41) is 2.48. The fourth-order valence-corrected chi connectivity index (χ4v) is 9.91. The first-order valence-electron chi connectivity index (χ1n) is 20.1. The van der Waals surface area contributed by atoms with Crippen LogP contribution in [0.2, 0.25) is 0 Å². The zero-order chi connectivity index (χ0) is 38.4. The van der Waals surface area contributed by atoms with E-state index in [1.54, 1.807) is 0 Å². The molecule has 1 atom stereocenters. The Morgan fingerprint density at radius 3 is 1.75 bits per heavy atom. The van der Waals surface area contributed by atoms with Gasteiger partial charge in [0, 0.05) is 33.5 Å². The van der Waals surface area contributed by atoms with Gasteiger partial charge in [0.15, 0.2) is 0 Å². The Kier molecular flexibility index (Phi) is 7.43. The van der Waals surface area contributed by atoms with E-state index in [1.165, 1.54) is 66.3 Å². The van der Waals surface area contributed by atoms with E-state index in [0.717, 1.165) is 34.1 Å². The number of aromatic nitrogens is 3. The zero-order valence-corrected chi connectivity index (χ0v) is 32.6. The fourth-order valence-electron chi connectivity index (χ4n) is 9.91. The van der Waals surface area contributed by atoms with Crippen LogP contribution in [-0.4, -0.2) is 14.5 Å². The lowest BCUT2D eigenvalue weighted by molar-refractivity contribution is 0.573. The van der Waals surface area contributed by atoms with Crippen molar-refractivity contribution in [2.24, 2.45) is 5.92 Å². The first-order chi connectivity index (χ1) is 27.9. The molecule has 0 fully saturated rings. The summed E-state index contributed by atoms with van der Waals surface area (Å²) in [6, 6.07) is 57.5. The van der Waals surface area contributed by atoms with Gasteiger partial charge in [-0.2, -0.15) is 0 Å². The van der Waals surface area contributed by atoms with Crippen molar-refractivity contribution in [2.45, 2.75) is 39.0 Å². The predicted molar refractivity (Wildman–Crippen MR) is 236 cm³/mol. The highest BCUT2D eigenvalue weighted by molar-refractivity contribution is 6.09. The summed E-state index contributed by atoms with van der Waals surface area (Å²) in [6.45, 7) is 9.38. The molecule has 0 saturated carbocycles. The van der Waals surface area contributed by atoms with Crippen LogP contribution in [0.15, 0.2) is 170 Å². The van der Waals surface area contributed by atoms with Crippen LogP contribution in [0.5, 0.6) is 0 Å². The lowest BCUT2D eigenvalue weighted by Gasteiger charge is -2.29. The zero-order valence-electron chi connectivity index (χ0n) is 32.6. The first kappa shape index (κ1) is 33.5. The number of hydrogen-bond acceptors (Lipinski definition) is 3. The van der Waals surface area contributed by atoms with Gasteiger partial charge in [0.1, 0.15) is 0 Å². The van der Waals surface area contributed by atoms with Crippen molar-refractivity contribution >= 4 is 38.9 Å². The van der Waals surface area contributed by atoms with Crippen LogP contribution in [0.4, 0.5) is 17.1 Å². The van der Waals surface area contributed by atoms with Crippen LogP contribution in [0.3, 0.4) is 0 Å². The van der Waals surface area contributed by atoms with Gasteiger partial charge in [-0.1, -0.05) is 125 Å². The van der Waals surface area contributed by atoms with Crippen molar-refractivity contribution in [1.29, 1.82) is 0 Å². The van der Waals surface area contributed by atoms with Crippen LogP contribution in [0, 0.1) is 5.92 Å². The maximum atomic E-state index is 5.08. The van der Waals surface area contributed by atoms with Crippen molar-refractivity contribution in [3.05, 3.63) is 192 Å². The van der Waals surface area contributed by atoms with Gasteiger partial charge in [0.05, 0.1) is 46.2 Å². The molecule has 4 nitrogen and oxygen atoms in total. The Balaban J connectivity index is 1.00. The van der Waals surface area contributed by atoms with Gasteiger partial charge in [0.25, 0.3) is 0 Å². The van der Waals surface area contributed by atoms with Crippen LogP contribution < -0.4 is 4.90 Å². The summed E-state index contributed by atoms with van der Waals surface area (Å²) in [5.41, 5.74) is 19.0. The number of para-hydroxylation sites is 2. The molecule has 0 amide bonds. The van der Waals surface area contributed by atoms with E-state index in [1.807, 2.05) is 12.4 Å². The second-order valence-electron chi connectivity index (χ2n) is 16.5. The number of hydrogen-bond donors (Lipinski definition) is 0. The van der Waals surface area contributed by atoms with Gasteiger partial charge in [-0.3, -0.25) is 9.97 Å². The monoisotopic (exact) mass is 734 g/mol. The Morgan fingerprint density at radius 1 is 0.509 bits per heavy atom. The Labute approximate surface area is 333 Å². The van der Waals surface area contributed by atoms with Crippen molar-refractivity contribution in [2.75, 3.05) is 4.90 Å². The van der Waals surface area contributed by atoms with Gasteiger partial charge in [0.2, 0.25) is 0 Å². The lowest BCUT2D eigenvalue weighted by Crippen LogP contribution is -2.17. The van der Waals surface area contributed by atoms with Crippen LogP contribution >= 0.6 is 0 Å². The molecule has 9 aromatic rings. The molecule has 0 spiro atoms. The number of anilines is 3. The topological polar surface area (TPSA) is 34.0 Å². The quantitative estimate of drug-likeness (QED) is 0.171. The number of pyridine rings is 2. The van der Waals surface area contributed by atoms with E-state index in [4.69, 9.17) is 9.97 Å². The summed E-state index contributed by atoms with van der Waals surface area (Å²) >= 11 is 0. The Morgan fingerprint density at radius 2 is 1.07 bits per heavy atom. The summed E-state index contributed by atoms with van der Waals surface area (Å²) in [7, 11) is 0. The maximum absolute atomic E-state index is 5.08. The van der Waals surface area contributed by atoms with Crippen LogP contribution in [0.1, 0.15) is 55.9 Å². The summed E-state index contributed by atoms with van der Waals surface area (Å²) < 4.78 is 2.30.